The molecular weight excluding hydrogens is 612 g/mol. The Kier molecular flexibility index (Phi) is 9.05. The van der Waals surface area contributed by atoms with Gasteiger partial charge in [0.2, 0.25) is 0 Å². The fraction of sp³-hybridized carbons (Fsp3) is 0.167. The van der Waals surface area contributed by atoms with E-state index in [9.17, 15) is 43.9 Å². The van der Waals surface area contributed by atoms with Crippen molar-refractivity contribution >= 4 is 17.2 Å². The summed E-state index contributed by atoms with van der Waals surface area (Å²) in [4.78, 5) is -0.421. The number of rotatable bonds is 9. The second-order valence-corrected chi connectivity index (χ2v) is 9.77. The second kappa shape index (κ2) is 12.2. The van der Waals surface area contributed by atoms with E-state index in [0.29, 0.717) is 23.8 Å². The van der Waals surface area contributed by atoms with Gasteiger partial charge in [-0.2, -0.15) is 30.7 Å². The first-order valence-corrected chi connectivity index (χ1v) is 12.7. The Morgan fingerprint density at radius 3 is 2.00 bits per heavy atom. The summed E-state index contributed by atoms with van der Waals surface area (Å²) >= 11 is 5.40. The first-order chi connectivity index (χ1) is 20.1. The summed E-state index contributed by atoms with van der Waals surface area (Å²) < 4.78 is 141. The maximum atomic E-state index is 14.9. The number of hydrogen-bond donors (Lipinski definition) is 1. The van der Waals surface area contributed by atoms with Gasteiger partial charge in [0, 0.05) is 18.1 Å². The predicted molar refractivity (Wildman–Crippen MR) is 142 cm³/mol. The summed E-state index contributed by atoms with van der Waals surface area (Å²) in [5.74, 6) is -4.48. The highest BCUT2D eigenvalue weighted by molar-refractivity contribution is 7.80. The lowest BCUT2D eigenvalue weighted by Gasteiger charge is -2.38. The van der Waals surface area contributed by atoms with Crippen LogP contribution in [0.2, 0.25) is 0 Å². The number of halogens is 10. The zero-order valence-electron chi connectivity index (χ0n) is 21.5. The largest absolute Gasteiger partial charge is 0.461 e. The molecule has 0 heterocycles. The highest BCUT2D eigenvalue weighted by atomic mass is 32.1. The van der Waals surface area contributed by atoms with Crippen molar-refractivity contribution in [2.24, 2.45) is 0 Å². The molecule has 0 spiro atoms. The molecule has 0 fully saturated rings. The smallest absolute Gasteiger partial charge is 0.428 e. The van der Waals surface area contributed by atoms with E-state index in [1.54, 1.807) is 30.3 Å². The minimum absolute atomic E-state index is 0.121. The molecule has 0 bridgehead atoms. The first-order valence-electron chi connectivity index (χ1n) is 12.3. The maximum absolute atomic E-state index is 14.9. The van der Waals surface area contributed by atoms with Gasteiger partial charge >= 0.3 is 18.7 Å². The minimum Gasteiger partial charge on any atom is -0.428 e. The molecule has 13 heteroatoms. The molecule has 1 unspecified atom stereocenters. The summed E-state index contributed by atoms with van der Waals surface area (Å²) in [7, 11) is 0. The van der Waals surface area contributed by atoms with Crippen molar-refractivity contribution in [1.29, 1.82) is 0 Å². The van der Waals surface area contributed by atoms with Crippen molar-refractivity contribution < 1.29 is 48.6 Å². The van der Waals surface area contributed by atoms with Crippen molar-refractivity contribution in [3.8, 4) is 5.75 Å². The quantitative estimate of drug-likeness (QED) is 0.147. The van der Waals surface area contributed by atoms with Crippen molar-refractivity contribution in [2.75, 3.05) is 0 Å². The maximum Gasteiger partial charge on any atom is 0.461 e. The van der Waals surface area contributed by atoms with Crippen LogP contribution in [0.5, 0.6) is 5.75 Å². The molecule has 1 N–H and O–H groups in total. The zero-order chi connectivity index (χ0) is 31.6. The highest BCUT2D eigenvalue weighted by Crippen LogP contribution is 2.39. The third-order valence-electron chi connectivity index (χ3n) is 6.38. The molecule has 43 heavy (non-hydrogen) atoms. The van der Waals surface area contributed by atoms with Crippen LogP contribution in [0.1, 0.15) is 27.8 Å². The molecule has 0 saturated heterocycles. The molecule has 0 aliphatic carbocycles. The highest BCUT2D eigenvalue weighted by Gasteiger charge is 2.45. The monoisotopic (exact) mass is 631 g/mol. The van der Waals surface area contributed by atoms with Gasteiger partial charge in [0.1, 0.15) is 28.2 Å². The Balaban J connectivity index is 1.95. The molecule has 4 rings (SSSR count). The zero-order valence-corrected chi connectivity index (χ0v) is 22.4. The van der Waals surface area contributed by atoms with Crippen molar-refractivity contribution in [3.63, 3.8) is 0 Å². The number of benzene rings is 4. The van der Waals surface area contributed by atoms with E-state index in [-0.39, 0.29) is 23.1 Å². The fourth-order valence-corrected chi connectivity index (χ4v) is 4.72. The molecular formula is C30H19F10NOS. The lowest BCUT2D eigenvalue weighted by Crippen LogP contribution is -2.48. The average molecular weight is 632 g/mol. The summed E-state index contributed by atoms with van der Waals surface area (Å²) in [5, 5.41) is 2.85. The van der Waals surface area contributed by atoms with Crippen molar-refractivity contribution in [2.45, 2.75) is 30.7 Å². The van der Waals surface area contributed by atoms with Crippen LogP contribution in [0.25, 0.3) is 0 Å². The molecule has 0 radical (unpaired) electrons. The van der Waals surface area contributed by atoms with E-state index in [1.807, 2.05) is 0 Å². The second-order valence-electron chi connectivity index (χ2n) is 9.36. The molecule has 0 aliphatic rings. The van der Waals surface area contributed by atoms with E-state index < -0.39 is 58.0 Å². The molecule has 0 saturated carbocycles. The average Bonchev–Trinajstić information content (AvgIpc) is 2.92. The van der Waals surface area contributed by atoms with E-state index in [1.165, 1.54) is 12.1 Å². The van der Waals surface area contributed by atoms with Crippen LogP contribution >= 0.6 is 12.2 Å². The Morgan fingerprint density at radius 2 is 1.40 bits per heavy atom. The molecule has 4 aromatic carbocycles. The number of thiocarbonyl (C=S) groups is 1. The molecule has 4 aromatic rings. The standard InChI is InChI=1S/C30H19F10NOS/c31-21-9-7-19(8-10-21)28(16-17-4-2-1-3-5-17,20-13-22(32)15-23(14-20)42-30(39,40)27(34)35)41-26(43)18-6-11-25(33)24(12-18)29(36,37)38/h1-15,27H,16H2,(H,41,43). The lowest BCUT2D eigenvalue weighted by molar-refractivity contribution is -0.253. The lowest BCUT2D eigenvalue weighted by atomic mass is 9.77. The number of alkyl halides is 7. The minimum atomic E-state index is -5.08. The van der Waals surface area contributed by atoms with E-state index in [4.69, 9.17) is 12.2 Å². The summed E-state index contributed by atoms with van der Waals surface area (Å²) in [6.07, 6.45) is -14.6. The third-order valence-corrected chi connectivity index (χ3v) is 6.72. The normalized spacial score (nSPS) is 13.5. The van der Waals surface area contributed by atoms with Crippen molar-refractivity contribution in [3.05, 3.63) is 136 Å². The van der Waals surface area contributed by atoms with Crippen LogP contribution in [-0.2, 0) is 18.1 Å². The van der Waals surface area contributed by atoms with Crippen LogP contribution in [0.4, 0.5) is 43.9 Å². The van der Waals surface area contributed by atoms with Crippen molar-refractivity contribution in [1.82, 2.24) is 5.32 Å². The van der Waals surface area contributed by atoms with Gasteiger partial charge in [0.25, 0.3) is 0 Å². The first kappa shape index (κ1) is 31.8. The number of ether oxygens (including phenoxy) is 1. The van der Waals surface area contributed by atoms with Gasteiger partial charge < -0.3 is 10.1 Å². The number of nitrogens with one attached hydrogen (secondary N) is 1. The van der Waals surface area contributed by atoms with Gasteiger partial charge in [-0.15, -0.1) is 0 Å². The Morgan fingerprint density at radius 1 is 0.744 bits per heavy atom. The summed E-state index contributed by atoms with van der Waals surface area (Å²) in [6, 6.07) is 16.7. The molecule has 1 atom stereocenters. The molecule has 0 aliphatic heterocycles. The summed E-state index contributed by atoms with van der Waals surface area (Å²) in [6.45, 7) is 0. The van der Waals surface area contributed by atoms with Gasteiger partial charge in [0.15, 0.2) is 0 Å². The van der Waals surface area contributed by atoms with Crippen LogP contribution < -0.4 is 10.1 Å². The van der Waals surface area contributed by atoms with Crippen LogP contribution in [0.3, 0.4) is 0 Å². The van der Waals surface area contributed by atoms with Gasteiger partial charge in [-0.05, 0) is 59.2 Å². The summed E-state index contributed by atoms with van der Waals surface area (Å²) in [5.41, 5.74) is -3.43. The van der Waals surface area contributed by atoms with Gasteiger partial charge in [0.05, 0.1) is 11.1 Å². The number of hydrogen-bond acceptors (Lipinski definition) is 2. The molecule has 226 valence electrons. The van der Waals surface area contributed by atoms with E-state index in [2.05, 4.69) is 10.1 Å². The SMILES string of the molecule is Fc1ccc(C(Cc2ccccc2)(NC(=S)c2ccc(F)c(C(F)(F)F)c2)c2cc(F)cc(OC(F)(F)C(F)F)c2)cc1. The topological polar surface area (TPSA) is 21.3 Å². The Labute approximate surface area is 243 Å². The van der Waals surface area contributed by atoms with Crippen LogP contribution in [0.15, 0.2) is 91.0 Å². The molecule has 0 aromatic heterocycles. The van der Waals surface area contributed by atoms with Gasteiger partial charge in [-0.1, -0.05) is 54.7 Å². The fourth-order valence-electron chi connectivity index (χ4n) is 4.42. The molecule has 2 nitrogen and oxygen atoms in total. The van der Waals surface area contributed by atoms with E-state index >= 15 is 0 Å². The third kappa shape index (κ3) is 7.27. The Bertz CT molecular complexity index is 1590. The van der Waals surface area contributed by atoms with Gasteiger partial charge in [-0.3, -0.25) is 0 Å². The Hall–Kier alpha value is -4.13. The van der Waals surface area contributed by atoms with E-state index in [0.717, 1.165) is 30.3 Å². The van der Waals surface area contributed by atoms with Crippen LogP contribution in [-0.4, -0.2) is 17.5 Å². The predicted octanol–water partition coefficient (Wildman–Crippen LogP) is 8.81. The van der Waals surface area contributed by atoms with Gasteiger partial charge in [-0.25, -0.2) is 13.2 Å². The van der Waals surface area contributed by atoms with Crippen LogP contribution in [0, 0.1) is 17.5 Å². The molecule has 0 amide bonds.